The van der Waals surface area contributed by atoms with Crippen LogP contribution in [-0.4, -0.2) is 23.6 Å². The number of halogens is 2. The predicted molar refractivity (Wildman–Crippen MR) is 74.0 cm³/mol. The highest BCUT2D eigenvalue weighted by atomic mass is 35.5. The maximum absolute atomic E-state index is 11.9. The summed E-state index contributed by atoms with van der Waals surface area (Å²) in [6.45, 7) is 3.43. The number of rotatable bonds is 4. The van der Waals surface area contributed by atoms with E-state index >= 15 is 0 Å². The fourth-order valence-electron chi connectivity index (χ4n) is 1.69. The van der Waals surface area contributed by atoms with Crippen molar-refractivity contribution in [3.8, 4) is 0 Å². The van der Waals surface area contributed by atoms with Gasteiger partial charge in [0.2, 0.25) is 5.91 Å². The molecule has 0 aliphatic heterocycles. The van der Waals surface area contributed by atoms with Gasteiger partial charge in [0, 0.05) is 11.8 Å². The predicted octanol–water partition coefficient (Wildman–Crippen LogP) is 2.23. The molecule has 1 atom stereocenters. The minimum absolute atomic E-state index is 0.0160. The number of amides is 1. The number of carbonyl (C=O) groups excluding carboxylic acids is 1. The van der Waals surface area contributed by atoms with Crippen molar-refractivity contribution in [3.63, 3.8) is 0 Å². The third kappa shape index (κ3) is 3.04. The molecule has 1 N–H and O–H groups in total. The Morgan fingerprint density at radius 3 is 2.58 bits per heavy atom. The number of aromatic nitrogens is 1. The Kier molecular flexibility index (Phi) is 3.62. The number of nitrogens with zero attached hydrogens (tertiary/aromatic N) is 1. The Morgan fingerprint density at radius 2 is 2.16 bits per heavy atom. The number of hydrogen-bond acceptors (Lipinski definition) is 5. The summed E-state index contributed by atoms with van der Waals surface area (Å²) >= 11 is 12.8. The van der Waals surface area contributed by atoms with E-state index in [1.54, 1.807) is 13.8 Å². The lowest BCUT2D eigenvalue weighted by molar-refractivity contribution is -0.120. The van der Waals surface area contributed by atoms with Crippen LogP contribution < -0.4 is 4.72 Å². The van der Waals surface area contributed by atoms with Gasteiger partial charge < -0.3 is 0 Å². The van der Waals surface area contributed by atoms with Crippen LogP contribution in [-0.2, 0) is 14.8 Å². The van der Waals surface area contributed by atoms with E-state index in [4.69, 9.17) is 23.2 Å². The molecule has 1 heterocycles. The van der Waals surface area contributed by atoms with Crippen LogP contribution in [0.1, 0.15) is 24.8 Å². The molecular weight excluding hydrogens is 331 g/mol. The van der Waals surface area contributed by atoms with Gasteiger partial charge in [0.1, 0.15) is 4.33 Å². The molecule has 0 bridgehead atoms. The molecular formula is C10H12Cl2N2O3S2. The molecule has 1 fully saturated rings. The molecule has 106 valence electrons. The second-order valence-corrected chi connectivity index (χ2v) is 9.47. The summed E-state index contributed by atoms with van der Waals surface area (Å²) in [6.07, 6.45) is 1.66. The summed E-state index contributed by atoms with van der Waals surface area (Å²) in [7, 11) is -3.85. The summed E-state index contributed by atoms with van der Waals surface area (Å²) in [6, 6.07) is 0. The molecule has 5 nitrogen and oxygen atoms in total. The summed E-state index contributed by atoms with van der Waals surface area (Å²) in [4.78, 5) is 15.6. The quantitative estimate of drug-likeness (QED) is 0.851. The van der Waals surface area contributed by atoms with Crippen LogP contribution in [0, 0.1) is 12.3 Å². The number of hydrogen-bond donors (Lipinski definition) is 1. The zero-order chi connectivity index (χ0) is 14.5. The van der Waals surface area contributed by atoms with Gasteiger partial charge in [-0.3, -0.25) is 4.79 Å². The molecule has 9 heteroatoms. The van der Waals surface area contributed by atoms with Gasteiger partial charge in [-0.2, -0.15) is 0 Å². The third-order valence-electron chi connectivity index (χ3n) is 3.03. The first-order valence-corrected chi connectivity index (χ1v) is 8.47. The van der Waals surface area contributed by atoms with Gasteiger partial charge >= 0.3 is 0 Å². The number of alkyl halides is 2. The average Bonchev–Trinajstić information content (AvgIpc) is 2.59. The zero-order valence-corrected chi connectivity index (χ0v) is 13.4. The molecule has 1 aromatic rings. The highest BCUT2D eigenvalue weighted by Crippen LogP contribution is 2.65. The van der Waals surface area contributed by atoms with Crippen LogP contribution in [0.5, 0.6) is 0 Å². The molecule has 1 aliphatic carbocycles. The third-order valence-corrected chi connectivity index (χ3v) is 6.96. The van der Waals surface area contributed by atoms with Crippen LogP contribution in [0.2, 0.25) is 0 Å². The number of sulfonamides is 1. The van der Waals surface area contributed by atoms with E-state index in [2.05, 4.69) is 4.98 Å². The molecule has 1 amide bonds. The van der Waals surface area contributed by atoms with Gasteiger partial charge in [-0.15, -0.1) is 34.5 Å². The largest absolute Gasteiger partial charge is 0.275 e. The monoisotopic (exact) mass is 342 g/mol. The lowest BCUT2D eigenvalue weighted by Gasteiger charge is -2.11. The maximum atomic E-state index is 11.9. The van der Waals surface area contributed by atoms with Crippen molar-refractivity contribution in [2.24, 2.45) is 5.41 Å². The van der Waals surface area contributed by atoms with Gasteiger partial charge in [0.15, 0.2) is 4.21 Å². The molecule has 0 unspecified atom stereocenters. The second-order valence-electron chi connectivity index (χ2n) is 4.85. The lowest BCUT2D eigenvalue weighted by Crippen LogP contribution is -2.32. The Labute approximate surface area is 125 Å². The number of aryl methyl sites for hydroxylation is 1. The second kappa shape index (κ2) is 4.58. The van der Waals surface area contributed by atoms with Crippen LogP contribution >= 0.6 is 34.5 Å². The standard InChI is InChI=1S/C10H12Cl2N2O3S2/c1-6-13-4-8(18-6)19(16,17)14-7(15)3-9(2)5-10(9,11)12/h4H,3,5H2,1-2H3,(H,14,15)/t9-/m0/s1. The van der Waals surface area contributed by atoms with Crippen molar-refractivity contribution in [1.82, 2.24) is 9.71 Å². The Balaban J connectivity index is 2.04. The summed E-state index contributed by atoms with van der Waals surface area (Å²) < 4.78 is 24.9. The van der Waals surface area contributed by atoms with Crippen LogP contribution in [0.15, 0.2) is 10.4 Å². The van der Waals surface area contributed by atoms with Gasteiger partial charge in [-0.25, -0.2) is 18.1 Å². The molecule has 19 heavy (non-hydrogen) atoms. The summed E-state index contributed by atoms with van der Waals surface area (Å²) in [5.41, 5.74) is -0.570. The SMILES string of the molecule is Cc1ncc(S(=O)(=O)NC(=O)C[C@@]2(C)CC2(Cl)Cl)s1. The highest BCUT2D eigenvalue weighted by Gasteiger charge is 2.63. The van der Waals surface area contributed by atoms with E-state index in [-0.39, 0.29) is 10.6 Å². The smallest absolute Gasteiger partial charge is 0.274 e. The van der Waals surface area contributed by atoms with E-state index in [0.29, 0.717) is 11.4 Å². The van der Waals surface area contributed by atoms with E-state index in [0.717, 1.165) is 11.3 Å². The van der Waals surface area contributed by atoms with Crippen molar-refractivity contribution in [1.29, 1.82) is 0 Å². The highest BCUT2D eigenvalue weighted by molar-refractivity contribution is 7.92. The van der Waals surface area contributed by atoms with Crippen molar-refractivity contribution < 1.29 is 13.2 Å². The molecule has 0 spiro atoms. The zero-order valence-electron chi connectivity index (χ0n) is 10.2. The van der Waals surface area contributed by atoms with E-state index in [9.17, 15) is 13.2 Å². The van der Waals surface area contributed by atoms with Crippen molar-refractivity contribution in [3.05, 3.63) is 11.2 Å². The molecule has 0 radical (unpaired) electrons. The molecule has 0 saturated heterocycles. The molecule has 1 aliphatic rings. The summed E-state index contributed by atoms with van der Waals surface area (Å²) in [5.74, 6) is -0.614. The Hall–Kier alpha value is -0.370. The van der Waals surface area contributed by atoms with Gasteiger partial charge in [-0.05, 0) is 13.3 Å². The number of nitrogens with one attached hydrogen (secondary N) is 1. The fourth-order valence-corrected chi connectivity index (χ4v) is 4.51. The minimum Gasteiger partial charge on any atom is -0.274 e. The lowest BCUT2D eigenvalue weighted by atomic mass is 10.1. The average molecular weight is 343 g/mol. The van der Waals surface area contributed by atoms with Gasteiger partial charge in [-0.1, -0.05) is 6.92 Å². The van der Waals surface area contributed by atoms with E-state index in [1.807, 2.05) is 4.72 Å². The van der Waals surface area contributed by atoms with Crippen LogP contribution in [0.4, 0.5) is 0 Å². The van der Waals surface area contributed by atoms with Gasteiger partial charge in [0.25, 0.3) is 10.0 Å². The van der Waals surface area contributed by atoms with Crippen LogP contribution in [0.3, 0.4) is 0 Å². The van der Waals surface area contributed by atoms with Crippen molar-refractivity contribution >= 4 is 50.5 Å². The molecule has 0 aromatic carbocycles. The number of carbonyl (C=O) groups is 1. The first-order chi connectivity index (χ1) is 8.56. The molecule has 2 rings (SSSR count). The summed E-state index contributed by atoms with van der Waals surface area (Å²) in [5, 5.41) is 0.613. The fraction of sp³-hybridized carbons (Fsp3) is 0.600. The molecule has 1 aromatic heterocycles. The minimum atomic E-state index is -3.85. The molecule has 1 saturated carbocycles. The number of thiazole rings is 1. The Morgan fingerprint density at radius 1 is 1.58 bits per heavy atom. The van der Waals surface area contributed by atoms with Crippen molar-refractivity contribution in [2.45, 2.75) is 35.2 Å². The Bertz CT molecular complexity index is 626. The van der Waals surface area contributed by atoms with Crippen LogP contribution in [0.25, 0.3) is 0 Å². The first kappa shape index (κ1) is 15.0. The van der Waals surface area contributed by atoms with Gasteiger partial charge in [0.05, 0.1) is 11.2 Å². The normalized spacial score (nSPS) is 25.1. The van der Waals surface area contributed by atoms with E-state index < -0.39 is 25.7 Å². The first-order valence-electron chi connectivity index (χ1n) is 5.42. The van der Waals surface area contributed by atoms with Crippen molar-refractivity contribution in [2.75, 3.05) is 0 Å². The topological polar surface area (TPSA) is 76.1 Å². The maximum Gasteiger partial charge on any atom is 0.275 e. The van der Waals surface area contributed by atoms with E-state index in [1.165, 1.54) is 6.20 Å².